The predicted molar refractivity (Wildman–Crippen MR) is 49.7 cm³/mol. The van der Waals surface area contributed by atoms with Crippen LogP contribution in [0.4, 0.5) is 0 Å². The van der Waals surface area contributed by atoms with Crippen LogP contribution in [0, 0.1) is 0 Å². The third-order valence-corrected chi connectivity index (χ3v) is 1.24. The molecule has 2 heteroatoms. The van der Waals surface area contributed by atoms with E-state index in [1.807, 2.05) is 19.9 Å². The number of allylic oxidation sites excluding steroid dienone is 4. The lowest BCUT2D eigenvalue weighted by Gasteiger charge is -1.96. The van der Waals surface area contributed by atoms with Crippen molar-refractivity contribution in [3.05, 3.63) is 36.0 Å². The Morgan fingerprint density at radius 3 is 2.33 bits per heavy atom. The van der Waals surface area contributed by atoms with Crippen LogP contribution in [0.3, 0.4) is 0 Å². The van der Waals surface area contributed by atoms with Gasteiger partial charge in [0, 0.05) is 0 Å². The minimum Gasteiger partial charge on any atom is -0.465 e. The summed E-state index contributed by atoms with van der Waals surface area (Å²) < 4.78 is 4.57. The van der Waals surface area contributed by atoms with Crippen molar-refractivity contribution in [2.45, 2.75) is 13.8 Å². The number of rotatable bonds is 3. The van der Waals surface area contributed by atoms with Gasteiger partial charge in [-0.05, 0) is 19.9 Å². The number of esters is 1. The Bertz CT molecular complexity index is 222. The van der Waals surface area contributed by atoms with Gasteiger partial charge in [0.1, 0.15) is 0 Å². The summed E-state index contributed by atoms with van der Waals surface area (Å²) >= 11 is 0. The molecule has 0 heterocycles. The Hall–Kier alpha value is -1.31. The molecule has 0 aliphatic rings. The third kappa shape index (κ3) is 3.76. The molecule has 2 nitrogen and oxygen atoms in total. The smallest absolute Gasteiger partial charge is 0.337 e. The van der Waals surface area contributed by atoms with Crippen LogP contribution in [0.25, 0.3) is 0 Å². The Morgan fingerprint density at radius 2 is 1.92 bits per heavy atom. The monoisotopic (exact) mass is 166 g/mol. The van der Waals surface area contributed by atoms with Crippen LogP contribution in [0.1, 0.15) is 13.8 Å². The zero-order chi connectivity index (χ0) is 9.40. The molecule has 0 amide bonds. The van der Waals surface area contributed by atoms with Crippen molar-refractivity contribution in [2.24, 2.45) is 0 Å². The van der Waals surface area contributed by atoms with E-state index in [0.717, 1.165) is 0 Å². The molecular weight excluding hydrogens is 152 g/mol. The van der Waals surface area contributed by atoms with Crippen LogP contribution in [0.15, 0.2) is 36.0 Å². The average molecular weight is 166 g/mol. The van der Waals surface area contributed by atoms with Crippen LogP contribution in [0.2, 0.25) is 0 Å². The van der Waals surface area contributed by atoms with Crippen molar-refractivity contribution in [2.75, 3.05) is 7.11 Å². The summed E-state index contributed by atoms with van der Waals surface area (Å²) in [6.45, 7) is 3.74. The van der Waals surface area contributed by atoms with E-state index in [-0.39, 0.29) is 5.97 Å². The predicted octanol–water partition coefficient (Wildman–Crippen LogP) is 2.24. The Kier molecular flexibility index (Phi) is 5.70. The molecule has 12 heavy (non-hydrogen) atoms. The molecule has 66 valence electrons. The summed E-state index contributed by atoms with van der Waals surface area (Å²) in [4.78, 5) is 11.0. The summed E-state index contributed by atoms with van der Waals surface area (Å²) in [5.41, 5.74) is 0.554. The molecule has 0 aromatic heterocycles. The molecule has 0 saturated heterocycles. The topological polar surface area (TPSA) is 26.3 Å². The molecule has 0 bridgehead atoms. The molecule has 0 aromatic rings. The lowest BCUT2D eigenvalue weighted by Crippen LogP contribution is -2.01. The zero-order valence-electron chi connectivity index (χ0n) is 7.70. The largest absolute Gasteiger partial charge is 0.465 e. The first-order valence-corrected chi connectivity index (χ1v) is 3.80. The minimum absolute atomic E-state index is 0.314. The normalized spacial score (nSPS) is 12.8. The Balaban J connectivity index is 4.53. The highest BCUT2D eigenvalue weighted by Crippen LogP contribution is 2.00. The summed E-state index contributed by atoms with van der Waals surface area (Å²) in [7, 11) is 1.37. The number of carbonyl (C=O) groups is 1. The van der Waals surface area contributed by atoms with Crippen molar-refractivity contribution in [3.8, 4) is 0 Å². The van der Waals surface area contributed by atoms with E-state index in [2.05, 4.69) is 4.74 Å². The van der Waals surface area contributed by atoms with Crippen LogP contribution in [-0.4, -0.2) is 13.1 Å². The van der Waals surface area contributed by atoms with Crippen LogP contribution >= 0.6 is 0 Å². The van der Waals surface area contributed by atoms with E-state index in [1.54, 1.807) is 24.3 Å². The van der Waals surface area contributed by atoms with Gasteiger partial charge in [0.2, 0.25) is 0 Å². The molecule has 0 aromatic carbocycles. The maximum Gasteiger partial charge on any atom is 0.337 e. The number of hydrogen-bond acceptors (Lipinski definition) is 2. The highest BCUT2D eigenvalue weighted by Gasteiger charge is 2.02. The molecule has 0 saturated carbocycles. The van der Waals surface area contributed by atoms with E-state index in [1.165, 1.54) is 7.11 Å². The van der Waals surface area contributed by atoms with Crippen LogP contribution in [0.5, 0.6) is 0 Å². The summed E-state index contributed by atoms with van der Waals surface area (Å²) in [5, 5.41) is 0. The van der Waals surface area contributed by atoms with Gasteiger partial charge in [0.15, 0.2) is 0 Å². The summed E-state index contributed by atoms with van der Waals surface area (Å²) in [6.07, 6.45) is 8.88. The van der Waals surface area contributed by atoms with Crippen LogP contribution < -0.4 is 0 Å². The van der Waals surface area contributed by atoms with Gasteiger partial charge in [-0.25, -0.2) is 4.79 Å². The van der Waals surface area contributed by atoms with Crippen molar-refractivity contribution in [1.82, 2.24) is 0 Å². The van der Waals surface area contributed by atoms with Crippen molar-refractivity contribution in [1.29, 1.82) is 0 Å². The second-order valence-electron chi connectivity index (χ2n) is 2.14. The van der Waals surface area contributed by atoms with Crippen molar-refractivity contribution < 1.29 is 9.53 Å². The lowest BCUT2D eigenvalue weighted by atomic mass is 10.2. The zero-order valence-corrected chi connectivity index (χ0v) is 7.70. The van der Waals surface area contributed by atoms with E-state index in [0.29, 0.717) is 5.57 Å². The maximum absolute atomic E-state index is 11.0. The van der Waals surface area contributed by atoms with Gasteiger partial charge in [-0.15, -0.1) is 0 Å². The minimum atomic E-state index is -0.314. The van der Waals surface area contributed by atoms with Crippen LogP contribution in [-0.2, 0) is 9.53 Å². The third-order valence-electron chi connectivity index (χ3n) is 1.24. The van der Waals surface area contributed by atoms with Gasteiger partial charge in [-0.2, -0.15) is 0 Å². The van der Waals surface area contributed by atoms with Crippen molar-refractivity contribution >= 4 is 5.97 Å². The molecule has 0 atom stereocenters. The van der Waals surface area contributed by atoms with Gasteiger partial charge in [-0.1, -0.05) is 24.3 Å². The summed E-state index contributed by atoms with van der Waals surface area (Å²) in [6, 6.07) is 0. The van der Waals surface area contributed by atoms with Gasteiger partial charge in [0.25, 0.3) is 0 Å². The molecule has 0 rings (SSSR count). The second-order valence-corrected chi connectivity index (χ2v) is 2.14. The maximum atomic E-state index is 11.0. The first kappa shape index (κ1) is 10.7. The molecule has 0 radical (unpaired) electrons. The van der Waals surface area contributed by atoms with Gasteiger partial charge < -0.3 is 4.74 Å². The number of hydrogen-bond donors (Lipinski definition) is 0. The quantitative estimate of drug-likeness (QED) is 0.365. The van der Waals surface area contributed by atoms with Gasteiger partial charge in [0.05, 0.1) is 12.7 Å². The Labute approximate surface area is 73.2 Å². The van der Waals surface area contributed by atoms with E-state index >= 15 is 0 Å². The first-order valence-electron chi connectivity index (χ1n) is 3.80. The second kappa shape index (κ2) is 6.40. The molecular formula is C10H14O2. The Morgan fingerprint density at radius 1 is 1.25 bits per heavy atom. The lowest BCUT2D eigenvalue weighted by molar-refractivity contribution is -0.135. The molecule has 0 aliphatic heterocycles. The van der Waals surface area contributed by atoms with Crippen molar-refractivity contribution in [3.63, 3.8) is 0 Å². The summed E-state index contributed by atoms with van der Waals surface area (Å²) in [5.74, 6) is -0.314. The molecule has 0 aliphatic carbocycles. The highest BCUT2D eigenvalue weighted by molar-refractivity contribution is 5.91. The highest BCUT2D eigenvalue weighted by atomic mass is 16.5. The number of ether oxygens (including phenoxy) is 1. The fraction of sp³-hybridized carbons (Fsp3) is 0.300. The molecule has 0 unspecified atom stereocenters. The fourth-order valence-electron chi connectivity index (χ4n) is 0.689. The van der Waals surface area contributed by atoms with Gasteiger partial charge in [-0.3, -0.25) is 0 Å². The SMILES string of the molecule is C\C=C/C=C(\C=C/C)C(=O)OC. The molecule has 0 fully saturated rings. The fourth-order valence-corrected chi connectivity index (χ4v) is 0.689. The number of methoxy groups -OCH3 is 1. The van der Waals surface area contributed by atoms with Gasteiger partial charge >= 0.3 is 5.97 Å². The first-order chi connectivity index (χ1) is 5.76. The average Bonchev–Trinajstić information content (AvgIpc) is 2.11. The standard InChI is InChI=1S/C10H14O2/c1-4-6-8-9(7-5-2)10(11)12-3/h4-8H,1-3H3/b6-4-,7-5-,9-8+. The number of carbonyl (C=O) groups excluding carboxylic acids is 1. The van der Waals surface area contributed by atoms with E-state index in [4.69, 9.17) is 0 Å². The van der Waals surface area contributed by atoms with E-state index < -0.39 is 0 Å². The van der Waals surface area contributed by atoms with E-state index in [9.17, 15) is 4.79 Å². The molecule has 0 N–H and O–H groups in total. The molecule has 0 spiro atoms.